The van der Waals surface area contributed by atoms with Crippen molar-refractivity contribution in [2.24, 2.45) is 0 Å². The summed E-state index contributed by atoms with van der Waals surface area (Å²) in [4.78, 5) is 20.0. The fraction of sp³-hybridized carbons (Fsp3) is 0.250. The normalized spacial score (nSPS) is 11.8. The highest BCUT2D eigenvalue weighted by atomic mass is 19.4. The van der Waals surface area contributed by atoms with Crippen LogP contribution in [-0.2, 0) is 6.18 Å². The first-order valence-corrected chi connectivity index (χ1v) is 7.70. The van der Waals surface area contributed by atoms with Crippen molar-refractivity contribution in [3.63, 3.8) is 0 Å². The Balaban J connectivity index is 1.91. The minimum absolute atomic E-state index is 0.00984. The van der Waals surface area contributed by atoms with Gasteiger partial charge in [-0.15, -0.1) is 0 Å². The van der Waals surface area contributed by atoms with Crippen molar-refractivity contribution >= 4 is 23.2 Å². The number of carbonyl (C=O) groups is 1. The number of amides is 1. The number of fused-ring (bicyclic) bond motifs is 1. The van der Waals surface area contributed by atoms with Gasteiger partial charge in [-0.2, -0.15) is 18.3 Å². The standard InChI is InChI=1S/C16H15F3N6O/c1-9(2)21-15(26)10-8-20-25-7-6-13(24-14(10)25)23-12-5-3-4-11(22-12)16(17,18)19/h3-9H,1-2H3,(H,21,26)(H,22,23,24). The fourth-order valence-corrected chi connectivity index (χ4v) is 2.23. The van der Waals surface area contributed by atoms with Crippen LogP contribution in [0.3, 0.4) is 0 Å². The first-order chi connectivity index (χ1) is 12.2. The van der Waals surface area contributed by atoms with Gasteiger partial charge in [-0.25, -0.2) is 14.5 Å². The SMILES string of the molecule is CC(C)NC(=O)c1cnn2ccc(Nc3cccc(C(F)(F)F)n3)nc12. The lowest BCUT2D eigenvalue weighted by Crippen LogP contribution is -2.30. The first-order valence-electron chi connectivity index (χ1n) is 7.70. The molecule has 3 rings (SSSR count). The molecule has 0 atom stereocenters. The molecule has 0 bridgehead atoms. The predicted octanol–water partition coefficient (Wildman–Crippen LogP) is 3.02. The van der Waals surface area contributed by atoms with Gasteiger partial charge >= 0.3 is 6.18 Å². The summed E-state index contributed by atoms with van der Waals surface area (Å²) < 4.78 is 39.7. The van der Waals surface area contributed by atoms with Crippen molar-refractivity contribution in [3.8, 4) is 0 Å². The van der Waals surface area contributed by atoms with Crippen LogP contribution >= 0.6 is 0 Å². The highest BCUT2D eigenvalue weighted by Crippen LogP contribution is 2.28. The molecule has 0 saturated carbocycles. The summed E-state index contributed by atoms with van der Waals surface area (Å²) in [6.45, 7) is 3.65. The topological polar surface area (TPSA) is 84.2 Å². The molecule has 7 nitrogen and oxygen atoms in total. The Kier molecular flexibility index (Phi) is 4.49. The summed E-state index contributed by atoms with van der Waals surface area (Å²) in [5.74, 6) is -0.107. The number of aromatic nitrogens is 4. The Hall–Kier alpha value is -3.17. The minimum Gasteiger partial charge on any atom is -0.350 e. The van der Waals surface area contributed by atoms with E-state index in [9.17, 15) is 18.0 Å². The van der Waals surface area contributed by atoms with Crippen molar-refractivity contribution in [3.05, 3.63) is 47.9 Å². The quantitative estimate of drug-likeness (QED) is 0.743. The number of hydrogen-bond acceptors (Lipinski definition) is 5. The van der Waals surface area contributed by atoms with Gasteiger partial charge in [-0.3, -0.25) is 4.79 Å². The summed E-state index contributed by atoms with van der Waals surface area (Å²) in [5, 5.41) is 9.49. The van der Waals surface area contributed by atoms with E-state index in [0.717, 1.165) is 6.07 Å². The summed E-state index contributed by atoms with van der Waals surface area (Å²) >= 11 is 0. The summed E-state index contributed by atoms with van der Waals surface area (Å²) in [7, 11) is 0. The lowest BCUT2D eigenvalue weighted by atomic mass is 10.3. The summed E-state index contributed by atoms with van der Waals surface area (Å²) in [5.41, 5.74) is -0.468. The maximum absolute atomic E-state index is 12.8. The molecule has 3 aromatic rings. The third-order valence-corrected chi connectivity index (χ3v) is 3.33. The first kappa shape index (κ1) is 17.6. The zero-order chi connectivity index (χ0) is 18.9. The zero-order valence-corrected chi connectivity index (χ0v) is 13.9. The molecule has 0 aliphatic rings. The Morgan fingerprint density at radius 3 is 2.58 bits per heavy atom. The Labute approximate surface area is 146 Å². The van der Waals surface area contributed by atoms with Crippen molar-refractivity contribution in [1.29, 1.82) is 0 Å². The molecule has 0 aliphatic carbocycles. The van der Waals surface area contributed by atoms with Crippen molar-refractivity contribution < 1.29 is 18.0 Å². The van der Waals surface area contributed by atoms with Gasteiger partial charge in [0, 0.05) is 12.2 Å². The van der Waals surface area contributed by atoms with E-state index >= 15 is 0 Å². The van der Waals surface area contributed by atoms with E-state index in [1.54, 1.807) is 6.20 Å². The van der Waals surface area contributed by atoms with Crippen LogP contribution in [-0.4, -0.2) is 31.5 Å². The van der Waals surface area contributed by atoms with Crippen LogP contribution < -0.4 is 10.6 Å². The minimum atomic E-state index is -4.54. The molecule has 0 spiro atoms. The van der Waals surface area contributed by atoms with Gasteiger partial charge < -0.3 is 10.6 Å². The smallest absolute Gasteiger partial charge is 0.350 e. The van der Waals surface area contributed by atoms with Crippen molar-refractivity contribution in [1.82, 2.24) is 24.9 Å². The molecule has 0 fully saturated rings. The molecule has 0 aliphatic heterocycles. The molecule has 1 amide bonds. The number of pyridine rings is 1. The van der Waals surface area contributed by atoms with Crippen LogP contribution in [0, 0.1) is 0 Å². The molecule has 3 aromatic heterocycles. The summed E-state index contributed by atoms with van der Waals surface area (Å²) in [6.07, 6.45) is -1.61. The second-order valence-corrected chi connectivity index (χ2v) is 5.80. The largest absolute Gasteiger partial charge is 0.433 e. The predicted molar refractivity (Wildman–Crippen MR) is 88.1 cm³/mol. The molecule has 0 aromatic carbocycles. The van der Waals surface area contributed by atoms with Crippen LogP contribution in [0.15, 0.2) is 36.7 Å². The molecule has 3 heterocycles. The van der Waals surface area contributed by atoms with Crippen LogP contribution in [0.25, 0.3) is 5.65 Å². The van der Waals surface area contributed by atoms with Gasteiger partial charge in [-0.1, -0.05) is 6.07 Å². The van der Waals surface area contributed by atoms with E-state index in [1.165, 1.54) is 28.9 Å². The molecule has 0 unspecified atom stereocenters. The number of anilines is 2. The van der Waals surface area contributed by atoms with Crippen LogP contribution in [0.4, 0.5) is 24.8 Å². The molecule has 0 saturated heterocycles. The molecule has 26 heavy (non-hydrogen) atoms. The van der Waals surface area contributed by atoms with E-state index in [1.807, 2.05) is 13.8 Å². The number of hydrogen-bond donors (Lipinski definition) is 2. The number of carbonyl (C=O) groups excluding carboxylic acids is 1. The van der Waals surface area contributed by atoms with Gasteiger partial charge in [0.2, 0.25) is 0 Å². The molecule has 10 heteroatoms. The molecular formula is C16H15F3N6O. The van der Waals surface area contributed by atoms with Gasteiger partial charge in [0.05, 0.1) is 6.20 Å². The van der Waals surface area contributed by atoms with E-state index in [2.05, 4.69) is 25.7 Å². The maximum atomic E-state index is 12.8. The van der Waals surface area contributed by atoms with Crippen molar-refractivity contribution in [2.75, 3.05) is 5.32 Å². The highest BCUT2D eigenvalue weighted by molar-refractivity contribution is 5.99. The number of nitrogens with zero attached hydrogens (tertiary/aromatic N) is 4. The number of rotatable bonds is 4. The van der Waals surface area contributed by atoms with E-state index < -0.39 is 11.9 Å². The highest BCUT2D eigenvalue weighted by Gasteiger charge is 2.32. The second kappa shape index (κ2) is 6.62. The van der Waals surface area contributed by atoms with Gasteiger partial charge in [0.15, 0.2) is 5.65 Å². The van der Waals surface area contributed by atoms with Crippen molar-refractivity contribution in [2.45, 2.75) is 26.1 Å². The van der Waals surface area contributed by atoms with E-state index in [-0.39, 0.29) is 34.8 Å². The molecular weight excluding hydrogens is 349 g/mol. The van der Waals surface area contributed by atoms with Crippen LogP contribution in [0.2, 0.25) is 0 Å². The summed E-state index contributed by atoms with van der Waals surface area (Å²) in [6, 6.07) is 4.98. The lowest BCUT2D eigenvalue weighted by Gasteiger charge is -2.10. The Bertz CT molecular complexity index is 951. The third kappa shape index (κ3) is 3.73. The van der Waals surface area contributed by atoms with Crippen LogP contribution in [0.5, 0.6) is 0 Å². The Morgan fingerprint density at radius 1 is 1.15 bits per heavy atom. The molecule has 136 valence electrons. The second-order valence-electron chi connectivity index (χ2n) is 5.80. The maximum Gasteiger partial charge on any atom is 0.433 e. The third-order valence-electron chi connectivity index (χ3n) is 3.33. The Morgan fingerprint density at radius 2 is 1.88 bits per heavy atom. The zero-order valence-electron chi connectivity index (χ0n) is 13.9. The fourth-order valence-electron chi connectivity index (χ4n) is 2.23. The average molecular weight is 364 g/mol. The molecule has 0 radical (unpaired) electrons. The number of halogens is 3. The van der Waals surface area contributed by atoms with Gasteiger partial charge in [0.1, 0.15) is 22.9 Å². The van der Waals surface area contributed by atoms with Gasteiger partial charge in [-0.05, 0) is 32.0 Å². The average Bonchev–Trinajstić information content (AvgIpc) is 2.97. The molecule has 2 N–H and O–H groups in total. The number of alkyl halides is 3. The van der Waals surface area contributed by atoms with E-state index in [0.29, 0.717) is 0 Å². The lowest BCUT2D eigenvalue weighted by molar-refractivity contribution is -0.141. The number of nitrogens with one attached hydrogen (secondary N) is 2. The van der Waals surface area contributed by atoms with E-state index in [4.69, 9.17) is 0 Å². The van der Waals surface area contributed by atoms with Crippen LogP contribution in [0.1, 0.15) is 29.9 Å². The van der Waals surface area contributed by atoms with Gasteiger partial charge in [0.25, 0.3) is 5.91 Å². The monoisotopic (exact) mass is 364 g/mol.